The lowest BCUT2D eigenvalue weighted by Crippen LogP contribution is -2.32. The predicted octanol–water partition coefficient (Wildman–Crippen LogP) is 3.25. The summed E-state index contributed by atoms with van der Waals surface area (Å²) in [5.41, 5.74) is 0.606. The molecule has 1 amide bonds. The molecule has 0 aliphatic rings. The van der Waals surface area contributed by atoms with Gasteiger partial charge in [0.05, 0.1) is 5.56 Å². The van der Waals surface area contributed by atoms with E-state index in [-0.39, 0.29) is 11.5 Å². The third-order valence-electron chi connectivity index (χ3n) is 2.67. The summed E-state index contributed by atoms with van der Waals surface area (Å²) < 4.78 is 0.758. The first kappa shape index (κ1) is 15.9. The van der Waals surface area contributed by atoms with E-state index in [0.717, 1.165) is 16.4 Å². The van der Waals surface area contributed by atoms with Gasteiger partial charge in [0.25, 0.3) is 5.91 Å². The number of carbonyl (C=O) groups excluding carboxylic acids is 1. The van der Waals surface area contributed by atoms with Crippen molar-refractivity contribution in [2.45, 2.75) is 26.7 Å². The van der Waals surface area contributed by atoms with Crippen LogP contribution >= 0.6 is 22.6 Å². The van der Waals surface area contributed by atoms with Gasteiger partial charge in [-0.25, -0.2) is 4.79 Å². The molecule has 0 unspecified atom stereocenters. The number of hydrogen-bond donors (Lipinski definition) is 1. The Balaban J connectivity index is 3.06. The monoisotopic (exact) mass is 375 g/mol. The number of carboxylic acids is 1. The molecule has 0 spiro atoms. The summed E-state index contributed by atoms with van der Waals surface area (Å²) in [6.07, 6.45) is 1.78. The van der Waals surface area contributed by atoms with E-state index in [1.165, 1.54) is 6.07 Å². The van der Waals surface area contributed by atoms with E-state index in [4.69, 9.17) is 5.11 Å². The second-order valence-electron chi connectivity index (χ2n) is 4.33. The minimum Gasteiger partial charge on any atom is -0.478 e. The summed E-state index contributed by atoms with van der Waals surface area (Å²) in [4.78, 5) is 25.2. The molecule has 4 nitrogen and oxygen atoms in total. The summed E-state index contributed by atoms with van der Waals surface area (Å²) in [5.74, 6) is -1.10. The average Bonchev–Trinajstić information content (AvgIpc) is 2.37. The van der Waals surface area contributed by atoms with Gasteiger partial charge in [0, 0.05) is 22.2 Å². The molecule has 5 heteroatoms. The van der Waals surface area contributed by atoms with E-state index in [1.54, 1.807) is 17.0 Å². The summed E-state index contributed by atoms with van der Waals surface area (Å²) in [7, 11) is 0. The zero-order valence-electron chi connectivity index (χ0n) is 11.1. The average molecular weight is 375 g/mol. The number of amides is 1. The lowest BCUT2D eigenvalue weighted by atomic mass is 10.1. The molecule has 0 heterocycles. The molecule has 0 bridgehead atoms. The fourth-order valence-electron chi connectivity index (χ4n) is 1.87. The Morgan fingerprint density at radius 2 is 1.63 bits per heavy atom. The van der Waals surface area contributed by atoms with Gasteiger partial charge < -0.3 is 10.0 Å². The van der Waals surface area contributed by atoms with Crippen LogP contribution < -0.4 is 0 Å². The first-order valence-corrected chi connectivity index (χ1v) is 7.40. The molecule has 1 aromatic carbocycles. The zero-order chi connectivity index (χ0) is 14.4. The van der Waals surface area contributed by atoms with Crippen LogP contribution in [-0.2, 0) is 0 Å². The van der Waals surface area contributed by atoms with Crippen LogP contribution in [0.2, 0.25) is 0 Å². The minimum atomic E-state index is -1.01. The first-order valence-electron chi connectivity index (χ1n) is 6.32. The highest BCUT2D eigenvalue weighted by molar-refractivity contribution is 14.1. The number of carboxylic acid groups (broad SMARTS) is 1. The van der Waals surface area contributed by atoms with Gasteiger partial charge in [0.15, 0.2) is 0 Å². The molecule has 0 aromatic heterocycles. The van der Waals surface area contributed by atoms with E-state index in [9.17, 15) is 9.59 Å². The smallest absolute Gasteiger partial charge is 0.335 e. The molecule has 0 atom stereocenters. The van der Waals surface area contributed by atoms with Crippen molar-refractivity contribution in [1.82, 2.24) is 4.90 Å². The number of aromatic carboxylic acids is 1. The van der Waals surface area contributed by atoms with Crippen molar-refractivity contribution in [3.8, 4) is 0 Å². The Hall–Kier alpha value is -1.11. The van der Waals surface area contributed by atoms with Gasteiger partial charge in [-0.1, -0.05) is 13.8 Å². The van der Waals surface area contributed by atoms with Gasteiger partial charge in [0.2, 0.25) is 0 Å². The molecular weight excluding hydrogens is 357 g/mol. The van der Waals surface area contributed by atoms with E-state index >= 15 is 0 Å². The number of halogens is 1. The molecule has 1 N–H and O–H groups in total. The van der Waals surface area contributed by atoms with E-state index in [0.29, 0.717) is 18.7 Å². The fourth-order valence-corrected chi connectivity index (χ4v) is 2.54. The van der Waals surface area contributed by atoms with E-state index in [2.05, 4.69) is 0 Å². The highest BCUT2D eigenvalue weighted by atomic mass is 127. The lowest BCUT2D eigenvalue weighted by molar-refractivity contribution is 0.0697. The first-order chi connectivity index (χ1) is 8.99. The number of benzene rings is 1. The van der Waals surface area contributed by atoms with Crippen LogP contribution in [0, 0.1) is 3.57 Å². The normalized spacial score (nSPS) is 10.3. The van der Waals surface area contributed by atoms with Crippen LogP contribution in [-0.4, -0.2) is 35.0 Å². The van der Waals surface area contributed by atoms with Crippen LogP contribution in [0.25, 0.3) is 0 Å². The fraction of sp³-hybridized carbons (Fsp3) is 0.429. The van der Waals surface area contributed by atoms with Gasteiger partial charge >= 0.3 is 5.97 Å². The third kappa shape index (κ3) is 4.49. The molecule has 0 fully saturated rings. The van der Waals surface area contributed by atoms with Crippen molar-refractivity contribution in [2.75, 3.05) is 13.1 Å². The standard InChI is InChI=1S/C14H18INO3/c1-3-5-16(6-4-2)13(17)10-7-11(14(18)19)9-12(15)8-10/h7-9H,3-6H2,1-2H3,(H,18,19). The number of hydrogen-bond acceptors (Lipinski definition) is 2. The number of carbonyl (C=O) groups is 2. The van der Waals surface area contributed by atoms with Gasteiger partial charge in [-0.05, 0) is 53.6 Å². The molecule has 1 rings (SSSR count). The SMILES string of the molecule is CCCN(CCC)C(=O)c1cc(I)cc(C(=O)O)c1. The Bertz CT molecular complexity index is 468. The van der Waals surface area contributed by atoms with Gasteiger partial charge in [-0.3, -0.25) is 4.79 Å². The largest absolute Gasteiger partial charge is 0.478 e. The molecule has 0 aliphatic carbocycles. The van der Waals surface area contributed by atoms with Crippen molar-refractivity contribution in [3.63, 3.8) is 0 Å². The number of rotatable bonds is 6. The Morgan fingerprint density at radius 3 is 2.11 bits per heavy atom. The van der Waals surface area contributed by atoms with Crippen molar-refractivity contribution < 1.29 is 14.7 Å². The summed E-state index contributed by atoms with van der Waals surface area (Å²) in [6.45, 7) is 5.43. The maximum Gasteiger partial charge on any atom is 0.335 e. The molecule has 0 radical (unpaired) electrons. The Morgan fingerprint density at radius 1 is 1.11 bits per heavy atom. The van der Waals surface area contributed by atoms with Crippen molar-refractivity contribution in [2.24, 2.45) is 0 Å². The van der Waals surface area contributed by atoms with Gasteiger partial charge in [-0.2, -0.15) is 0 Å². The van der Waals surface area contributed by atoms with Gasteiger partial charge in [-0.15, -0.1) is 0 Å². The third-order valence-corrected chi connectivity index (χ3v) is 3.29. The zero-order valence-corrected chi connectivity index (χ0v) is 13.3. The molecule has 104 valence electrons. The Labute approximate surface area is 126 Å². The van der Waals surface area contributed by atoms with Crippen molar-refractivity contribution >= 4 is 34.5 Å². The van der Waals surface area contributed by atoms with Gasteiger partial charge in [0.1, 0.15) is 0 Å². The second-order valence-corrected chi connectivity index (χ2v) is 5.57. The van der Waals surface area contributed by atoms with Crippen LogP contribution in [0.15, 0.2) is 18.2 Å². The van der Waals surface area contributed by atoms with Crippen LogP contribution in [0.5, 0.6) is 0 Å². The summed E-state index contributed by atoms with van der Waals surface area (Å²) in [5, 5.41) is 9.03. The Kier molecular flexibility index (Phi) is 6.27. The van der Waals surface area contributed by atoms with E-state index in [1.807, 2.05) is 36.4 Å². The van der Waals surface area contributed by atoms with Crippen LogP contribution in [0.4, 0.5) is 0 Å². The molecule has 0 aliphatic heterocycles. The van der Waals surface area contributed by atoms with Crippen LogP contribution in [0.3, 0.4) is 0 Å². The predicted molar refractivity (Wildman–Crippen MR) is 82.6 cm³/mol. The van der Waals surface area contributed by atoms with E-state index < -0.39 is 5.97 Å². The minimum absolute atomic E-state index is 0.0929. The molecule has 1 aromatic rings. The van der Waals surface area contributed by atoms with Crippen molar-refractivity contribution in [3.05, 3.63) is 32.9 Å². The quantitative estimate of drug-likeness (QED) is 0.777. The highest BCUT2D eigenvalue weighted by Gasteiger charge is 2.16. The second kappa shape index (κ2) is 7.47. The molecule has 19 heavy (non-hydrogen) atoms. The number of nitrogens with zero attached hydrogens (tertiary/aromatic N) is 1. The molecule has 0 saturated heterocycles. The molecule has 0 saturated carbocycles. The van der Waals surface area contributed by atoms with Crippen molar-refractivity contribution in [1.29, 1.82) is 0 Å². The highest BCUT2D eigenvalue weighted by Crippen LogP contribution is 2.15. The summed E-state index contributed by atoms with van der Waals surface area (Å²) >= 11 is 2.03. The maximum atomic E-state index is 12.4. The maximum absolute atomic E-state index is 12.4. The lowest BCUT2D eigenvalue weighted by Gasteiger charge is -2.21. The summed E-state index contributed by atoms with van der Waals surface area (Å²) in [6, 6.07) is 4.74. The topological polar surface area (TPSA) is 57.6 Å². The molecular formula is C14H18INO3. The van der Waals surface area contributed by atoms with Crippen LogP contribution in [0.1, 0.15) is 47.4 Å².